The second-order valence-corrected chi connectivity index (χ2v) is 4.85. The van der Waals surface area contributed by atoms with Crippen LogP contribution in [-0.4, -0.2) is 23.6 Å². The van der Waals surface area contributed by atoms with Gasteiger partial charge in [-0.05, 0) is 25.0 Å². The Hall–Kier alpha value is -1.53. The molecule has 1 aromatic rings. The molecule has 0 aromatic heterocycles. The zero-order valence-electron chi connectivity index (χ0n) is 10.3. The van der Waals surface area contributed by atoms with Crippen molar-refractivity contribution in [2.75, 3.05) is 11.9 Å². The monoisotopic (exact) mass is 282 g/mol. The summed E-state index contributed by atoms with van der Waals surface area (Å²) >= 11 is 4.80. The molecule has 0 saturated carbocycles. The van der Waals surface area contributed by atoms with Gasteiger partial charge in [0.1, 0.15) is 10.8 Å². The van der Waals surface area contributed by atoms with E-state index in [4.69, 9.17) is 22.7 Å². The fourth-order valence-electron chi connectivity index (χ4n) is 2.09. The zero-order valence-corrected chi connectivity index (χ0v) is 11.1. The van der Waals surface area contributed by atoms with E-state index in [0.29, 0.717) is 12.3 Å². The van der Waals surface area contributed by atoms with Gasteiger partial charge in [-0.3, -0.25) is 4.79 Å². The number of amides is 1. The van der Waals surface area contributed by atoms with Crippen molar-refractivity contribution in [2.24, 2.45) is 5.73 Å². The molecule has 0 aliphatic carbocycles. The van der Waals surface area contributed by atoms with Crippen LogP contribution < -0.4 is 11.1 Å². The van der Waals surface area contributed by atoms with Gasteiger partial charge in [-0.2, -0.15) is 0 Å². The van der Waals surface area contributed by atoms with Crippen molar-refractivity contribution in [3.8, 4) is 0 Å². The van der Waals surface area contributed by atoms with Crippen molar-refractivity contribution in [2.45, 2.75) is 25.4 Å². The number of carbonyl (C=O) groups is 1. The molecule has 19 heavy (non-hydrogen) atoms. The van der Waals surface area contributed by atoms with Gasteiger partial charge in [0.05, 0.1) is 23.8 Å². The van der Waals surface area contributed by atoms with Crippen LogP contribution in [0.4, 0.5) is 10.1 Å². The molecule has 1 atom stereocenters. The molecule has 1 unspecified atom stereocenters. The highest BCUT2D eigenvalue weighted by atomic mass is 32.1. The molecule has 2 rings (SSSR count). The van der Waals surface area contributed by atoms with Gasteiger partial charge in [-0.25, -0.2) is 4.39 Å². The first-order chi connectivity index (χ1) is 9.08. The number of benzene rings is 1. The van der Waals surface area contributed by atoms with Crippen molar-refractivity contribution in [1.82, 2.24) is 0 Å². The standard InChI is InChI=1S/C13H15FN2O2S/c14-9-4-1-5-10(12(9)13(15)19)16-11(17)7-8-3-2-6-18-8/h1,4-5,8H,2-3,6-7H2,(H2,15,19)(H,16,17). The van der Waals surface area contributed by atoms with E-state index in [1.165, 1.54) is 12.1 Å². The number of hydrogen-bond acceptors (Lipinski definition) is 3. The third-order valence-electron chi connectivity index (χ3n) is 2.97. The first-order valence-corrected chi connectivity index (χ1v) is 6.48. The summed E-state index contributed by atoms with van der Waals surface area (Å²) in [6.07, 6.45) is 2.05. The van der Waals surface area contributed by atoms with Crippen LogP contribution >= 0.6 is 12.2 Å². The second kappa shape index (κ2) is 6.08. The quantitative estimate of drug-likeness (QED) is 0.829. The first kappa shape index (κ1) is 13.9. The number of anilines is 1. The predicted molar refractivity (Wildman–Crippen MR) is 74.5 cm³/mol. The first-order valence-electron chi connectivity index (χ1n) is 6.07. The van der Waals surface area contributed by atoms with Crippen LogP contribution in [0.3, 0.4) is 0 Å². The molecule has 0 spiro atoms. The largest absolute Gasteiger partial charge is 0.389 e. The Balaban J connectivity index is 2.07. The van der Waals surface area contributed by atoms with Crippen molar-refractivity contribution >= 4 is 28.8 Å². The number of nitrogens with one attached hydrogen (secondary N) is 1. The highest BCUT2D eigenvalue weighted by molar-refractivity contribution is 7.80. The van der Waals surface area contributed by atoms with E-state index in [9.17, 15) is 9.18 Å². The zero-order chi connectivity index (χ0) is 13.8. The summed E-state index contributed by atoms with van der Waals surface area (Å²) in [4.78, 5) is 11.8. The molecule has 1 fully saturated rings. The van der Waals surface area contributed by atoms with Crippen molar-refractivity contribution < 1.29 is 13.9 Å². The Morgan fingerprint density at radius 1 is 1.58 bits per heavy atom. The number of nitrogens with two attached hydrogens (primary N) is 1. The minimum Gasteiger partial charge on any atom is -0.389 e. The molecule has 0 bridgehead atoms. The number of hydrogen-bond donors (Lipinski definition) is 2. The van der Waals surface area contributed by atoms with Gasteiger partial charge in [0.2, 0.25) is 5.91 Å². The molecular weight excluding hydrogens is 267 g/mol. The van der Waals surface area contributed by atoms with Crippen LogP contribution in [0.5, 0.6) is 0 Å². The van der Waals surface area contributed by atoms with E-state index in [-0.39, 0.29) is 29.0 Å². The fraction of sp³-hybridized carbons (Fsp3) is 0.385. The number of ether oxygens (including phenoxy) is 1. The molecule has 6 heteroatoms. The van der Waals surface area contributed by atoms with Gasteiger partial charge in [-0.1, -0.05) is 18.3 Å². The van der Waals surface area contributed by atoms with Gasteiger partial charge < -0.3 is 15.8 Å². The van der Waals surface area contributed by atoms with Gasteiger partial charge in [-0.15, -0.1) is 0 Å². The Morgan fingerprint density at radius 2 is 2.37 bits per heavy atom. The number of halogens is 1. The van der Waals surface area contributed by atoms with E-state index >= 15 is 0 Å². The van der Waals surface area contributed by atoms with Crippen LogP contribution in [0, 0.1) is 5.82 Å². The maximum Gasteiger partial charge on any atom is 0.227 e. The van der Waals surface area contributed by atoms with E-state index in [2.05, 4.69) is 5.32 Å². The molecule has 1 amide bonds. The van der Waals surface area contributed by atoms with E-state index in [1.54, 1.807) is 6.07 Å². The van der Waals surface area contributed by atoms with Crippen molar-refractivity contribution in [1.29, 1.82) is 0 Å². The van der Waals surface area contributed by atoms with Gasteiger partial charge >= 0.3 is 0 Å². The predicted octanol–water partition coefficient (Wildman–Crippen LogP) is 1.97. The van der Waals surface area contributed by atoms with Crippen LogP contribution in [0.25, 0.3) is 0 Å². The van der Waals surface area contributed by atoms with Crippen LogP contribution in [0.15, 0.2) is 18.2 Å². The highest BCUT2D eigenvalue weighted by Crippen LogP contribution is 2.21. The number of rotatable bonds is 4. The molecule has 1 aliphatic heterocycles. The van der Waals surface area contributed by atoms with Gasteiger partial charge in [0, 0.05) is 6.61 Å². The summed E-state index contributed by atoms with van der Waals surface area (Å²) in [6.45, 7) is 0.691. The van der Waals surface area contributed by atoms with E-state index < -0.39 is 5.82 Å². The maximum atomic E-state index is 13.6. The summed E-state index contributed by atoms with van der Waals surface area (Å²) in [5.74, 6) is -0.766. The summed E-state index contributed by atoms with van der Waals surface area (Å²) in [6, 6.07) is 4.33. The minimum atomic E-state index is -0.539. The lowest BCUT2D eigenvalue weighted by atomic mass is 10.1. The number of thiocarbonyl (C=S) groups is 1. The maximum absolute atomic E-state index is 13.6. The lowest BCUT2D eigenvalue weighted by molar-refractivity contribution is -0.118. The average molecular weight is 282 g/mol. The summed E-state index contributed by atoms with van der Waals surface area (Å²) in [5, 5.41) is 2.63. The topological polar surface area (TPSA) is 64.3 Å². The molecule has 1 heterocycles. The molecule has 3 N–H and O–H groups in total. The molecule has 102 valence electrons. The number of carbonyl (C=O) groups excluding carboxylic acids is 1. The Labute approximate surface area is 116 Å². The lowest BCUT2D eigenvalue weighted by Crippen LogP contribution is -2.22. The summed E-state index contributed by atoms with van der Waals surface area (Å²) in [7, 11) is 0. The minimum absolute atomic E-state index is 0.0539. The third-order valence-corrected chi connectivity index (χ3v) is 3.18. The van der Waals surface area contributed by atoms with Crippen LogP contribution in [0.1, 0.15) is 24.8 Å². The van der Waals surface area contributed by atoms with Gasteiger partial charge in [0.25, 0.3) is 0 Å². The molecule has 1 aromatic carbocycles. The van der Waals surface area contributed by atoms with E-state index in [1.807, 2.05) is 0 Å². The average Bonchev–Trinajstić information content (AvgIpc) is 2.81. The SMILES string of the molecule is NC(=S)c1c(F)cccc1NC(=O)CC1CCCO1. The molecule has 1 saturated heterocycles. The van der Waals surface area contributed by atoms with Gasteiger partial charge in [0.15, 0.2) is 0 Å². The molecular formula is C13H15FN2O2S. The Morgan fingerprint density at radius 3 is 3.00 bits per heavy atom. The van der Waals surface area contributed by atoms with Crippen LogP contribution in [-0.2, 0) is 9.53 Å². The molecule has 1 aliphatic rings. The Kier molecular flexibility index (Phi) is 4.44. The molecule has 0 radical (unpaired) electrons. The smallest absolute Gasteiger partial charge is 0.227 e. The fourth-order valence-corrected chi connectivity index (χ4v) is 2.30. The summed E-state index contributed by atoms with van der Waals surface area (Å²) in [5.41, 5.74) is 5.84. The second-order valence-electron chi connectivity index (χ2n) is 4.41. The third kappa shape index (κ3) is 3.48. The molecule has 4 nitrogen and oxygen atoms in total. The van der Waals surface area contributed by atoms with Crippen molar-refractivity contribution in [3.05, 3.63) is 29.6 Å². The Bertz CT molecular complexity index is 501. The summed E-state index contributed by atoms with van der Waals surface area (Å²) < 4.78 is 19.0. The highest BCUT2D eigenvalue weighted by Gasteiger charge is 2.20. The van der Waals surface area contributed by atoms with Crippen LogP contribution in [0.2, 0.25) is 0 Å². The lowest BCUT2D eigenvalue weighted by Gasteiger charge is -2.13. The van der Waals surface area contributed by atoms with Crippen molar-refractivity contribution in [3.63, 3.8) is 0 Å². The normalized spacial score (nSPS) is 18.3. The van der Waals surface area contributed by atoms with E-state index in [0.717, 1.165) is 12.8 Å².